The van der Waals surface area contributed by atoms with Gasteiger partial charge in [-0.3, -0.25) is 4.79 Å². The van der Waals surface area contributed by atoms with E-state index in [0.717, 1.165) is 47.0 Å². The predicted octanol–water partition coefficient (Wildman–Crippen LogP) is 3.87. The van der Waals surface area contributed by atoms with Crippen molar-refractivity contribution in [3.05, 3.63) is 34.1 Å². The number of piperazine rings is 1. The maximum atomic E-state index is 11.3. The number of nitrogens with zero attached hydrogens (tertiary/aromatic N) is 3. The Morgan fingerprint density at radius 2 is 1.68 bits per heavy atom. The number of carbonyl (C=O) groups excluding carboxylic acids is 1. The average Bonchev–Trinajstić information content (AvgIpc) is 3.12. The van der Waals surface area contributed by atoms with Crippen LogP contribution in [-0.2, 0) is 9.59 Å². The van der Waals surface area contributed by atoms with Gasteiger partial charge >= 0.3 is 12.1 Å². The topological polar surface area (TPSA) is 73.7 Å². The average molecular weight is 480 g/mol. The number of carboxylic acid groups (broad SMARTS) is 1. The zero-order chi connectivity index (χ0) is 20.9. The lowest BCUT2D eigenvalue weighted by Gasteiger charge is -2.33. The van der Waals surface area contributed by atoms with E-state index in [1.54, 1.807) is 18.3 Å². The van der Waals surface area contributed by atoms with Crippen molar-refractivity contribution in [1.82, 2.24) is 9.88 Å². The second-order valence-electron chi connectivity index (χ2n) is 5.82. The Labute approximate surface area is 171 Å². The number of thiazole rings is 1. The van der Waals surface area contributed by atoms with Crippen molar-refractivity contribution in [2.75, 3.05) is 31.1 Å². The number of hydrogen-bond acceptors (Lipinski definition) is 5. The lowest BCUT2D eigenvalue weighted by atomic mass is 10.2. The Morgan fingerprint density at radius 1 is 1.14 bits per heavy atom. The molecule has 2 heterocycles. The van der Waals surface area contributed by atoms with Crippen molar-refractivity contribution in [2.45, 2.75) is 13.1 Å². The molecule has 0 saturated carbocycles. The van der Waals surface area contributed by atoms with Gasteiger partial charge in [0.15, 0.2) is 5.13 Å². The molecule has 3 rings (SSSR count). The van der Waals surface area contributed by atoms with Gasteiger partial charge in [0.25, 0.3) is 0 Å². The molecule has 11 heteroatoms. The Kier molecular flexibility index (Phi) is 7.41. The molecule has 28 heavy (non-hydrogen) atoms. The van der Waals surface area contributed by atoms with Gasteiger partial charge in [-0.05, 0) is 12.1 Å². The molecule has 1 N–H and O–H groups in total. The van der Waals surface area contributed by atoms with E-state index < -0.39 is 12.1 Å². The minimum atomic E-state index is -5.08. The number of carbonyl (C=O) groups is 2. The molecule has 0 radical (unpaired) electrons. The third-order valence-corrected chi connectivity index (χ3v) is 5.30. The van der Waals surface area contributed by atoms with E-state index in [2.05, 4.69) is 38.3 Å². The van der Waals surface area contributed by atoms with Gasteiger partial charge in [0.05, 0.1) is 5.69 Å². The summed E-state index contributed by atoms with van der Waals surface area (Å²) in [5, 5.41) is 10.3. The number of carboxylic acids is 1. The molecule has 1 saturated heterocycles. The standard InChI is InChI=1S/C15H16BrN3OS.C2HF3O2/c1-11(20)18-6-8-19(9-7-18)15-17-14(10-21-15)12-2-4-13(16)5-3-12;3-2(4,5)1(6)7/h2-5,10H,6-9H2,1H3;(H,6,7). The summed E-state index contributed by atoms with van der Waals surface area (Å²) in [4.78, 5) is 29.1. The molecule has 1 aromatic carbocycles. The molecular formula is C17H17BrF3N3O3S. The Balaban J connectivity index is 0.000000345. The van der Waals surface area contributed by atoms with Crippen molar-refractivity contribution >= 4 is 44.3 Å². The molecule has 0 atom stereocenters. The molecule has 0 aliphatic carbocycles. The third kappa shape index (κ3) is 6.20. The zero-order valence-corrected chi connectivity index (χ0v) is 17.1. The normalized spacial score (nSPS) is 14.3. The SMILES string of the molecule is CC(=O)N1CCN(c2nc(-c3ccc(Br)cc3)cs2)CC1.O=C(O)C(F)(F)F. The highest BCUT2D eigenvalue weighted by Gasteiger charge is 2.38. The van der Waals surface area contributed by atoms with Gasteiger partial charge in [0.2, 0.25) is 5.91 Å². The number of halogens is 4. The summed E-state index contributed by atoms with van der Waals surface area (Å²) in [7, 11) is 0. The monoisotopic (exact) mass is 479 g/mol. The van der Waals surface area contributed by atoms with Crippen molar-refractivity contribution < 1.29 is 27.9 Å². The molecule has 1 aromatic heterocycles. The van der Waals surface area contributed by atoms with Gasteiger partial charge in [0.1, 0.15) is 0 Å². The van der Waals surface area contributed by atoms with Gasteiger partial charge in [-0.1, -0.05) is 28.1 Å². The lowest BCUT2D eigenvalue weighted by Crippen LogP contribution is -2.48. The van der Waals surface area contributed by atoms with Crippen LogP contribution >= 0.6 is 27.3 Å². The smallest absolute Gasteiger partial charge is 0.475 e. The molecule has 1 aliphatic rings. The van der Waals surface area contributed by atoms with Crippen LogP contribution in [0.15, 0.2) is 34.1 Å². The Morgan fingerprint density at radius 3 is 2.14 bits per heavy atom. The second kappa shape index (κ2) is 9.37. The number of rotatable bonds is 2. The quantitative estimate of drug-likeness (QED) is 0.707. The Hall–Kier alpha value is -2.14. The highest BCUT2D eigenvalue weighted by Crippen LogP contribution is 2.28. The first-order valence-corrected chi connectivity index (χ1v) is 9.77. The number of alkyl halides is 3. The van der Waals surface area contributed by atoms with Gasteiger partial charge in [0, 0.05) is 48.5 Å². The van der Waals surface area contributed by atoms with E-state index in [4.69, 9.17) is 14.9 Å². The molecule has 0 unspecified atom stereocenters. The maximum Gasteiger partial charge on any atom is 0.490 e. The van der Waals surface area contributed by atoms with Gasteiger partial charge < -0.3 is 14.9 Å². The molecule has 1 aliphatic heterocycles. The fourth-order valence-electron chi connectivity index (χ4n) is 2.38. The van der Waals surface area contributed by atoms with Crippen molar-refractivity contribution in [1.29, 1.82) is 0 Å². The summed E-state index contributed by atoms with van der Waals surface area (Å²) in [6, 6.07) is 8.19. The summed E-state index contributed by atoms with van der Waals surface area (Å²) < 4.78 is 32.8. The highest BCUT2D eigenvalue weighted by molar-refractivity contribution is 9.10. The second-order valence-corrected chi connectivity index (χ2v) is 7.57. The lowest BCUT2D eigenvalue weighted by molar-refractivity contribution is -0.192. The van der Waals surface area contributed by atoms with Crippen LogP contribution in [0.5, 0.6) is 0 Å². The van der Waals surface area contributed by atoms with Crippen molar-refractivity contribution in [2.24, 2.45) is 0 Å². The predicted molar refractivity (Wildman–Crippen MR) is 103 cm³/mol. The molecule has 0 spiro atoms. The molecule has 6 nitrogen and oxygen atoms in total. The number of amides is 1. The van der Waals surface area contributed by atoms with Crippen molar-refractivity contribution in [3.63, 3.8) is 0 Å². The molecule has 0 bridgehead atoms. The first-order valence-electron chi connectivity index (χ1n) is 8.10. The van der Waals surface area contributed by atoms with Crippen LogP contribution in [0.2, 0.25) is 0 Å². The van der Waals surface area contributed by atoms with Crippen LogP contribution in [-0.4, -0.2) is 59.2 Å². The zero-order valence-electron chi connectivity index (χ0n) is 14.7. The van der Waals surface area contributed by atoms with E-state index in [1.807, 2.05) is 17.0 Å². The molecule has 1 amide bonds. The molecule has 1 fully saturated rings. The van der Waals surface area contributed by atoms with Crippen LogP contribution in [0.1, 0.15) is 6.92 Å². The van der Waals surface area contributed by atoms with Gasteiger partial charge in [-0.2, -0.15) is 13.2 Å². The summed E-state index contributed by atoms with van der Waals surface area (Å²) >= 11 is 5.11. The number of hydrogen-bond donors (Lipinski definition) is 1. The van der Waals surface area contributed by atoms with Crippen LogP contribution in [0, 0.1) is 0 Å². The minimum Gasteiger partial charge on any atom is -0.475 e. The first-order chi connectivity index (χ1) is 13.1. The van der Waals surface area contributed by atoms with E-state index in [1.165, 1.54) is 0 Å². The molecular weight excluding hydrogens is 463 g/mol. The number of aliphatic carboxylic acids is 1. The summed E-state index contributed by atoms with van der Waals surface area (Å²) in [5.74, 6) is -2.60. The van der Waals surface area contributed by atoms with E-state index in [9.17, 15) is 18.0 Å². The summed E-state index contributed by atoms with van der Waals surface area (Å²) in [5.41, 5.74) is 2.14. The largest absolute Gasteiger partial charge is 0.490 e. The Bertz CT molecular complexity index is 819. The fourth-order valence-corrected chi connectivity index (χ4v) is 3.53. The van der Waals surface area contributed by atoms with Crippen LogP contribution < -0.4 is 4.90 Å². The first kappa shape index (κ1) is 22.2. The fraction of sp³-hybridized carbons (Fsp3) is 0.353. The summed E-state index contributed by atoms with van der Waals surface area (Å²) in [6.45, 7) is 4.90. The number of anilines is 1. The molecule has 2 aromatic rings. The van der Waals surface area contributed by atoms with Crippen LogP contribution in [0.4, 0.5) is 18.3 Å². The van der Waals surface area contributed by atoms with E-state index in [0.29, 0.717) is 0 Å². The maximum absolute atomic E-state index is 11.3. The van der Waals surface area contributed by atoms with E-state index in [-0.39, 0.29) is 5.91 Å². The highest BCUT2D eigenvalue weighted by atomic mass is 79.9. The van der Waals surface area contributed by atoms with Gasteiger partial charge in [-0.15, -0.1) is 11.3 Å². The number of benzene rings is 1. The van der Waals surface area contributed by atoms with Gasteiger partial charge in [-0.25, -0.2) is 9.78 Å². The van der Waals surface area contributed by atoms with Crippen LogP contribution in [0.3, 0.4) is 0 Å². The van der Waals surface area contributed by atoms with E-state index >= 15 is 0 Å². The third-order valence-electron chi connectivity index (χ3n) is 3.87. The summed E-state index contributed by atoms with van der Waals surface area (Å²) in [6.07, 6.45) is -5.08. The molecule has 152 valence electrons. The van der Waals surface area contributed by atoms with Crippen LogP contribution in [0.25, 0.3) is 11.3 Å². The number of aromatic nitrogens is 1. The van der Waals surface area contributed by atoms with Crippen molar-refractivity contribution in [3.8, 4) is 11.3 Å². The minimum absolute atomic E-state index is 0.157.